The minimum absolute atomic E-state index is 0.129. The highest BCUT2D eigenvalue weighted by Crippen LogP contribution is 2.29. The van der Waals surface area contributed by atoms with Crippen LogP contribution >= 0.6 is 0 Å². The Morgan fingerprint density at radius 2 is 1.41 bits per heavy atom. The highest BCUT2D eigenvalue weighted by Gasteiger charge is 2.29. The van der Waals surface area contributed by atoms with E-state index in [9.17, 15) is 16.8 Å². The first kappa shape index (κ1) is 24.1. The summed E-state index contributed by atoms with van der Waals surface area (Å²) in [5, 5.41) is 0. The van der Waals surface area contributed by atoms with Crippen molar-refractivity contribution in [2.75, 3.05) is 42.9 Å². The number of hydrogen-bond donors (Lipinski definition) is 1. The van der Waals surface area contributed by atoms with Crippen LogP contribution in [0.2, 0.25) is 0 Å². The van der Waals surface area contributed by atoms with E-state index in [-0.39, 0.29) is 10.6 Å². The minimum Gasteiger partial charge on any atom is -0.495 e. The van der Waals surface area contributed by atoms with E-state index >= 15 is 0 Å². The first-order valence-electron chi connectivity index (χ1n) is 10.8. The molecule has 0 bridgehead atoms. The van der Waals surface area contributed by atoms with Gasteiger partial charge in [0.25, 0.3) is 0 Å². The zero-order valence-electron chi connectivity index (χ0n) is 18.8. The SMILES string of the molecule is COc1ccccc1N1CCN(S(=O)(=O)c2ccc(NS(=O)(=O)Cc3ccccc3)cc2)CC1. The Bertz CT molecular complexity index is 1320. The van der Waals surface area contributed by atoms with Crippen LogP contribution in [0.5, 0.6) is 5.75 Å². The summed E-state index contributed by atoms with van der Waals surface area (Å²) in [6.07, 6.45) is 0. The van der Waals surface area contributed by atoms with Crippen LogP contribution in [0.3, 0.4) is 0 Å². The largest absolute Gasteiger partial charge is 0.495 e. The molecule has 0 aliphatic carbocycles. The van der Waals surface area contributed by atoms with Crippen molar-refractivity contribution in [2.45, 2.75) is 10.6 Å². The van der Waals surface area contributed by atoms with Gasteiger partial charge in [0.15, 0.2) is 0 Å². The Morgan fingerprint density at radius 1 is 0.794 bits per heavy atom. The summed E-state index contributed by atoms with van der Waals surface area (Å²) in [6.45, 7) is 1.76. The number of anilines is 2. The molecule has 0 saturated carbocycles. The summed E-state index contributed by atoms with van der Waals surface area (Å²) < 4.78 is 60.5. The average molecular weight is 502 g/mol. The van der Waals surface area contributed by atoms with Gasteiger partial charge in [-0.1, -0.05) is 42.5 Å². The third-order valence-corrected chi connectivity index (χ3v) is 8.80. The second kappa shape index (κ2) is 10.0. The van der Waals surface area contributed by atoms with E-state index in [1.54, 1.807) is 31.4 Å². The predicted molar refractivity (Wildman–Crippen MR) is 133 cm³/mol. The fourth-order valence-electron chi connectivity index (χ4n) is 3.91. The summed E-state index contributed by atoms with van der Waals surface area (Å²) >= 11 is 0. The van der Waals surface area contributed by atoms with Crippen LogP contribution in [0, 0.1) is 0 Å². The van der Waals surface area contributed by atoms with Gasteiger partial charge in [-0.05, 0) is 42.0 Å². The van der Waals surface area contributed by atoms with Crippen LogP contribution in [0.4, 0.5) is 11.4 Å². The van der Waals surface area contributed by atoms with Crippen LogP contribution in [0.25, 0.3) is 0 Å². The van der Waals surface area contributed by atoms with Crippen LogP contribution in [0.1, 0.15) is 5.56 Å². The molecule has 4 rings (SSSR count). The van der Waals surface area contributed by atoms with Gasteiger partial charge < -0.3 is 9.64 Å². The van der Waals surface area contributed by atoms with Crippen LogP contribution in [0.15, 0.2) is 83.8 Å². The fourth-order valence-corrected chi connectivity index (χ4v) is 6.53. The molecule has 0 unspecified atom stereocenters. The molecular weight excluding hydrogens is 474 g/mol. The smallest absolute Gasteiger partial charge is 0.243 e. The maximum Gasteiger partial charge on any atom is 0.243 e. The zero-order chi connectivity index (χ0) is 24.2. The maximum atomic E-state index is 13.1. The molecule has 34 heavy (non-hydrogen) atoms. The quantitative estimate of drug-likeness (QED) is 0.510. The van der Waals surface area contributed by atoms with E-state index in [0.717, 1.165) is 11.4 Å². The number of nitrogens with zero attached hydrogens (tertiary/aromatic N) is 2. The molecule has 1 fully saturated rings. The van der Waals surface area contributed by atoms with Gasteiger partial charge in [-0.15, -0.1) is 0 Å². The van der Waals surface area contributed by atoms with Crippen molar-refractivity contribution < 1.29 is 21.6 Å². The second-order valence-electron chi connectivity index (χ2n) is 7.93. The van der Waals surface area contributed by atoms with Gasteiger partial charge in [0.05, 0.1) is 23.4 Å². The van der Waals surface area contributed by atoms with Gasteiger partial charge in [0.2, 0.25) is 20.0 Å². The van der Waals surface area contributed by atoms with E-state index in [0.29, 0.717) is 37.4 Å². The molecule has 3 aromatic carbocycles. The molecule has 1 heterocycles. The Hall–Kier alpha value is -3.08. The molecule has 0 atom stereocenters. The molecule has 1 aliphatic rings. The lowest BCUT2D eigenvalue weighted by Gasteiger charge is -2.35. The van der Waals surface area contributed by atoms with Crippen LogP contribution in [-0.4, -0.2) is 54.4 Å². The van der Waals surface area contributed by atoms with Crippen molar-refractivity contribution in [2.24, 2.45) is 0 Å². The number of ether oxygens (including phenoxy) is 1. The topological polar surface area (TPSA) is 96.0 Å². The van der Waals surface area contributed by atoms with E-state index < -0.39 is 20.0 Å². The van der Waals surface area contributed by atoms with Gasteiger partial charge in [-0.25, -0.2) is 16.8 Å². The number of para-hydroxylation sites is 2. The third-order valence-electron chi connectivity index (χ3n) is 5.63. The third kappa shape index (κ3) is 5.52. The zero-order valence-corrected chi connectivity index (χ0v) is 20.4. The maximum absolute atomic E-state index is 13.1. The van der Waals surface area contributed by atoms with Crippen molar-refractivity contribution in [1.29, 1.82) is 0 Å². The number of rotatable bonds is 8. The molecule has 1 aliphatic heterocycles. The number of sulfonamides is 2. The Morgan fingerprint density at radius 3 is 2.06 bits per heavy atom. The summed E-state index contributed by atoms with van der Waals surface area (Å²) in [5.74, 6) is 0.591. The molecule has 0 spiro atoms. The van der Waals surface area contributed by atoms with Gasteiger partial charge in [0.1, 0.15) is 5.75 Å². The van der Waals surface area contributed by atoms with Gasteiger partial charge >= 0.3 is 0 Å². The van der Waals surface area contributed by atoms with Gasteiger partial charge in [0, 0.05) is 31.9 Å². The Balaban J connectivity index is 1.40. The molecule has 0 radical (unpaired) electrons. The Kier molecular flexibility index (Phi) is 7.11. The lowest BCUT2D eigenvalue weighted by atomic mass is 10.2. The number of piperazine rings is 1. The molecular formula is C24H27N3O5S2. The lowest BCUT2D eigenvalue weighted by molar-refractivity contribution is 0.378. The van der Waals surface area contributed by atoms with E-state index in [1.165, 1.54) is 28.6 Å². The molecule has 3 aromatic rings. The Labute approximate surface area is 200 Å². The summed E-state index contributed by atoms with van der Waals surface area (Å²) in [6, 6.07) is 22.3. The number of methoxy groups -OCH3 is 1. The van der Waals surface area contributed by atoms with Crippen molar-refractivity contribution in [3.63, 3.8) is 0 Å². The highest BCUT2D eigenvalue weighted by atomic mass is 32.2. The number of nitrogens with one attached hydrogen (secondary N) is 1. The molecule has 0 amide bonds. The minimum atomic E-state index is -3.69. The van der Waals surface area contributed by atoms with Crippen molar-refractivity contribution in [3.8, 4) is 5.75 Å². The lowest BCUT2D eigenvalue weighted by Crippen LogP contribution is -2.48. The molecule has 10 heteroatoms. The monoisotopic (exact) mass is 501 g/mol. The molecule has 180 valence electrons. The standard InChI is InChI=1S/C24H27N3O5S2/c1-32-24-10-6-5-9-23(24)26-15-17-27(18-16-26)34(30,31)22-13-11-21(12-14-22)25-33(28,29)19-20-7-3-2-4-8-20/h2-14,25H,15-19H2,1H3. The van der Waals surface area contributed by atoms with Crippen LogP contribution < -0.4 is 14.4 Å². The summed E-state index contributed by atoms with van der Waals surface area (Å²) in [4.78, 5) is 2.24. The molecule has 1 saturated heterocycles. The van der Waals surface area contributed by atoms with E-state index in [1.807, 2.05) is 30.3 Å². The fraction of sp³-hybridized carbons (Fsp3) is 0.250. The van der Waals surface area contributed by atoms with Gasteiger partial charge in [-0.3, -0.25) is 4.72 Å². The van der Waals surface area contributed by atoms with E-state index in [4.69, 9.17) is 4.74 Å². The van der Waals surface area contributed by atoms with Gasteiger partial charge in [-0.2, -0.15) is 4.31 Å². The average Bonchev–Trinajstić information content (AvgIpc) is 2.84. The summed E-state index contributed by atoms with van der Waals surface area (Å²) in [5.41, 5.74) is 1.92. The molecule has 0 aromatic heterocycles. The van der Waals surface area contributed by atoms with Crippen molar-refractivity contribution in [3.05, 3.63) is 84.4 Å². The highest BCUT2D eigenvalue weighted by molar-refractivity contribution is 7.92. The predicted octanol–water partition coefficient (Wildman–Crippen LogP) is 3.15. The number of hydrogen-bond acceptors (Lipinski definition) is 6. The summed E-state index contributed by atoms with van der Waals surface area (Å²) in [7, 11) is -5.70. The first-order chi connectivity index (χ1) is 16.3. The van der Waals surface area contributed by atoms with E-state index in [2.05, 4.69) is 9.62 Å². The number of benzene rings is 3. The molecule has 8 nitrogen and oxygen atoms in total. The first-order valence-corrected chi connectivity index (χ1v) is 13.9. The van der Waals surface area contributed by atoms with Crippen molar-refractivity contribution in [1.82, 2.24) is 4.31 Å². The molecule has 1 N–H and O–H groups in total. The van der Waals surface area contributed by atoms with Crippen LogP contribution in [-0.2, 0) is 25.8 Å². The van der Waals surface area contributed by atoms with Crippen molar-refractivity contribution >= 4 is 31.4 Å². The second-order valence-corrected chi connectivity index (χ2v) is 11.6. The normalized spacial score (nSPS) is 15.1.